The van der Waals surface area contributed by atoms with E-state index < -0.39 is 6.10 Å². The van der Waals surface area contributed by atoms with Gasteiger partial charge in [0.2, 0.25) is 0 Å². The van der Waals surface area contributed by atoms with Gasteiger partial charge < -0.3 is 45.0 Å². The van der Waals surface area contributed by atoms with Gasteiger partial charge in [0.25, 0.3) is 0 Å². The first-order chi connectivity index (χ1) is 27.5. The molecule has 0 aromatic heterocycles. The molecular weight excluding hydrogens is 729 g/mol. The molecule has 3 aliphatic rings. The maximum Gasteiger partial charge on any atom is 0.122 e. The maximum absolute atomic E-state index is 10.5. The van der Waals surface area contributed by atoms with Gasteiger partial charge in [-0.05, 0) is 107 Å². The third kappa shape index (κ3) is 12.2. The average Bonchev–Trinajstić information content (AvgIpc) is 4.14. The van der Waals surface area contributed by atoms with Crippen LogP contribution in [0.1, 0.15) is 90.0 Å². The van der Waals surface area contributed by atoms with Crippen LogP contribution in [-0.4, -0.2) is 75.6 Å². The molecule has 0 amide bonds. The van der Waals surface area contributed by atoms with E-state index in [1.807, 2.05) is 48.5 Å². The smallest absolute Gasteiger partial charge is 0.122 e. The summed E-state index contributed by atoms with van der Waals surface area (Å²) in [5.74, 6) is 3.11. The number of nitrogens with two attached hydrogens (primary N) is 2. The summed E-state index contributed by atoms with van der Waals surface area (Å²) in [6.07, 6.45) is 3.15. The minimum Gasteiger partial charge on any atom is -0.491 e. The second-order valence-electron chi connectivity index (χ2n) is 18.7. The molecule has 7 rings (SSSR count). The van der Waals surface area contributed by atoms with Crippen LogP contribution < -0.4 is 30.4 Å². The fraction of sp³-hybridized carbons (Fsp3) is 0.510. The molecule has 1 aliphatic carbocycles. The van der Waals surface area contributed by atoms with Crippen LogP contribution in [0.2, 0.25) is 0 Å². The summed E-state index contributed by atoms with van der Waals surface area (Å²) < 4.78 is 33.7. The van der Waals surface area contributed by atoms with Crippen LogP contribution in [0.3, 0.4) is 0 Å². The topological polar surface area (TPSA) is 134 Å². The number of benzene rings is 4. The summed E-state index contributed by atoms with van der Waals surface area (Å²) in [6.45, 7) is 19.4. The maximum atomic E-state index is 10.5. The molecule has 3 fully saturated rings. The Balaban J connectivity index is 0.000000406. The van der Waals surface area contributed by atoms with Gasteiger partial charge in [0, 0.05) is 16.9 Å². The van der Waals surface area contributed by atoms with Crippen molar-refractivity contribution in [3.8, 4) is 23.0 Å². The van der Waals surface area contributed by atoms with E-state index in [4.69, 9.17) is 39.9 Å². The van der Waals surface area contributed by atoms with Crippen molar-refractivity contribution in [3.05, 3.63) is 119 Å². The van der Waals surface area contributed by atoms with E-state index in [9.17, 15) is 5.11 Å². The van der Waals surface area contributed by atoms with E-state index in [-0.39, 0.29) is 41.7 Å². The zero-order chi connectivity index (χ0) is 41.6. The lowest BCUT2D eigenvalue weighted by atomic mass is 9.63. The Bertz CT molecular complexity index is 1750. The molecule has 4 aromatic carbocycles. The Morgan fingerprint density at radius 1 is 0.603 bits per heavy atom. The molecule has 4 aromatic rings. The Morgan fingerprint density at radius 2 is 0.931 bits per heavy atom. The second kappa shape index (κ2) is 18.4. The largest absolute Gasteiger partial charge is 0.491 e. The second-order valence-corrected chi connectivity index (χ2v) is 18.7. The molecule has 2 heterocycles. The Morgan fingerprint density at radius 3 is 1.22 bits per heavy atom. The standard InChI is InChI=1S/C39H44O7.C10H22N2/c1-38(2,29-9-17-34(18-10-29)43-23-36-25-45-36)27-5-13-32(14-6-27)41-21-31(40)22-42-33-15-7-28(8-16-33)39(3,4)30-11-19-35(20-12-30)44-24-37-26-46-37;1-9(2)4-8(12)5-10(3,6-9)7-11/h5-20,31,36-37,40H,21-26H2,1-4H3;8H,4-7,11-12H2,1-3H3. The molecule has 58 heavy (non-hydrogen) atoms. The highest BCUT2D eigenvalue weighted by Crippen LogP contribution is 2.44. The Hall–Kier alpha value is -4.12. The summed E-state index contributed by atoms with van der Waals surface area (Å²) in [4.78, 5) is 0. The van der Waals surface area contributed by atoms with E-state index in [1.165, 1.54) is 28.7 Å². The van der Waals surface area contributed by atoms with E-state index >= 15 is 0 Å². The first kappa shape index (κ1) is 43.5. The zero-order valence-corrected chi connectivity index (χ0v) is 35.7. The predicted octanol–water partition coefficient (Wildman–Crippen LogP) is 8.20. The molecule has 5 N–H and O–H groups in total. The monoisotopic (exact) mass is 794 g/mol. The first-order valence-corrected chi connectivity index (χ1v) is 20.8. The quantitative estimate of drug-likeness (QED) is 0.0905. The van der Waals surface area contributed by atoms with Crippen molar-refractivity contribution in [1.82, 2.24) is 0 Å². The highest BCUT2D eigenvalue weighted by molar-refractivity contribution is 5.43. The van der Waals surface area contributed by atoms with Crippen molar-refractivity contribution >= 4 is 0 Å². The molecule has 2 saturated heterocycles. The van der Waals surface area contributed by atoms with Crippen LogP contribution in [-0.2, 0) is 20.3 Å². The molecule has 9 heteroatoms. The van der Waals surface area contributed by atoms with Crippen molar-refractivity contribution in [2.45, 2.75) is 103 Å². The van der Waals surface area contributed by atoms with E-state index in [0.29, 0.717) is 36.2 Å². The highest BCUT2D eigenvalue weighted by atomic mass is 16.6. The summed E-state index contributed by atoms with van der Waals surface area (Å²) in [7, 11) is 0. The summed E-state index contributed by atoms with van der Waals surface area (Å²) in [6, 6.07) is 32.9. The number of hydrogen-bond acceptors (Lipinski definition) is 9. The van der Waals surface area contributed by atoms with Crippen LogP contribution in [0.15, 0.2) is 97.1 Å². The van der Waals surface area contributed by atoms with E-state index in [2.05, 4.69) is 97.0 Å². The molecule has 4 atom stereocenters. The lowest BCUT2D eigenvalue weighted by molar-refractivity contribution is 0.0626. The van der Waals surface area contributed by atoms with Gasteiger partial charge in [0.15, 0.2) is 0 Å². The van der Waals surface area contributed by atoms with Gasteiger partial charge in [-0.2, -0.15) is 0 Å². The molecule has 0 radical (unpaired) electrons. The van der Waals surface area contributed by atoms with Gasteiger partial charge in [-0.25, -0.2) is 0 Å². The molecule has 314 valence electrons. The van der Waals surface area contributed by atoms with Crippen LogP contribution >= 0.6 is 0 Å². The highest BCUT2D eigenvalue weighted by Gasteiger charge is 2.39. The van der Waals surface area contributed by atoms with Crippen LogP contribution in [0.5, 0.6) is 23.0 Å². The third-order valence-corrected chi connectivity index (χ3v) is 11.8. The van der Waals surface area contributed by atoms with Crippen LogP contribution in [0, 0.1) is 10.8 Å². The van der Waals surface area contributed by atoms with Gasteiger partial charge in [0.05, 0.1) is 13.2 Å². The van der Waals surface area contributed by atoms with Crippen LogP contribution in [0.4, 0.5) is 0 Å². The lowest BCUT2D eigenvalue weighted by Gasteiger charge is -2.45. The lowest BCUT2D eigenvalue weighted by Crippen LogP contribution is -2.45. The Kier molecular flexibility index (Phi) is 13.8. The number of hydrogen-bond donors (Lipinski definition) is 3. The normalized spacial score (nSPS) is 22.8. The van der Waals surface area contributed by atoms with Gasteiger partial charge in [-0.1, -0.05) is 97.0 Å². The Labute approximate surface area is 346 Å². The van der Waals surface area contributed by atoms with Crippen molar-refractivity contribution in [1.29, 1.82) is 0 Å². The van der Waals surface area contributed by atoms with Crippen molar-refractivity contribution in [2.24, 2.45) is 22.3 Å². The van der Waals surface area contributed by atoms with Crippen molar-refractivity contribution in [3.63, 3.8) is 0 Å². The SMILES string of the molecule is CC(C)(c1ccc(OCC(O)COc2ccc(C(C)(C)c3ccc(OCC4CO4)cc3)cc2)cc1)c1ccc(OCC2CO2)cc1.CC1(C)CC(N)CC(C)(CN)C1. The zero-order valence-electron chi connectivity index (χ0n) is 35.7. The third-order valence-electron chi connectivity index (χ3n) is 11.8. The van der Waals surface area contributed by atoms with E-state index in [0.717, 1.165) is 44.1 Å². The first-order valence-electron chi connectivity index (χ1n) is 20.8. The summed E-state index contributed by atoms with van der Waals surface area (Å²) >= 11 is 0. The molecule has 9 nitrogen and oxygen atoms in total. The predicted molar refractivity (Wildman–Crippen MR) is 230 cm³/mol. The number of rotatable bonds is 17. The van der Waals surface area contributed by atoms with Crippen molar-refractivity contribution in [2.75, 3.05) is 46.2 Å². The summed E-state index contributed by atoms with van der Waals surface area (Å²) in [5.41, 5.74) is 16.8. The van der Waals surface area contributed by atoms with E-state index in [1.54, 1.807) is 0 Å². The van der Waals surface area contributed by atoms with Gasteiger partial charge >= 0.3 is 0 Å². The minimum absolute atomic E-state index is 0.134. The molecule has 0 bridgehead atoms. The molecular formula is C49H66N2O7. The number of aliphatic hydroxyl groups is 1. The fourth-order valence-electron chi connectivity index (χ4n) is 8.21. The number of ether oxygens (including phenoxy) is 6. The average molecular weight is 795 g/mol. The molecule has 0 spiro atoms. The van der Waals surface area contributed by atoms with Crippen LogP contribution in [0.25, 0.3) is 0 Å². The number of epoxide rings is 2. The fourth-order valence-corrected chi connectivity index (χ4v) is 8.21. The molecule has 4 unspecified atom stereocenters. The van der Waals surface area contributed by atoms with Gasteiger partial charge in [-0.15, -0.1) is 0 Å². The molecule has 1 saturated carbocycles. The van der Waals surface area contributed by atoms with Gasteiger partial charge in [0.1, 0.15) is 67.7 Å². The van der Waals surface area contributed by atoms with Crippen molar-refractivity contribution < 1.29 is 33.5 Å². The van der Waals surface area contributed by atoms with Gasteiger partial charge in [-0.3, -0.25) is 0 Å². The molecule has 2 aliphatic heterocycles. The summed E-state index contributed by atoms with van der Waals surface area (Å²) in [5, 5.41) is 10.5. The minimum atomic E-state index is -0.772. The number of aliphatic hydroxyl groups excluding tert-OH is 1.